The third-order valence-electron chi connectivity index (χ3n) is 6.20. The van der Waals surface area contributed by atoms with E-state index in [2.05, 4.69) is 20.3 Å². The zero-order valence-corrected chi connectivity index (χ0v) is 20.5. The molecule has 35 heavy (non-hydrogen) atoms. The van der Waals surface area contributed by atoms with Crippen LogP contribution < -0.4 is 11.1 Å². The monoisotopic (exact) mass is 514 g/mol. The molecule has 1 aromatic carbocycles. The first-order valence-corrected chi connectivity index (χ1v) is 13.1. The highest BCUT2D eigenvalue weighted by molar-refractivity contribution is 7.90. The quantitative estimate of drug-likeness (QED) is 0.402. The fraction of sp³-hybridized carbons (Fsp3) is 0.292. The van der Waals surface area contributed by atoms with Gasteiger partial charge in [0.25, 0.3) is 10.0 Å². The molecule has 182 valence electrons. The van der Waals surface area contributed by atoms with Crippen molar-refractivity contribution in [3.8, 4) is 11.4 Å². The predicted molar refractivity (Wildman–Crippen MR) is 133 cm³/mol. The summed E-state index contributed by atoms with van der Waals surface area (Å²) in [6.45, 7) is 1.88. The molecule has 0 radical (unpaired) electrons. The van der Waals surface area contributed by atoms with Gasteiger partial charge >= 0.3 is 0 Å². The number of rotatable bonds is 5. The van der Waals surface area contributed by atoms with Crippen molar-refractivity contribution in [2.75, 3.05) is 5.32 Å². The van der Waals surface area contributed by atoms with Crippen molar-refractivity contribution in [1.82, 2.24) is 18.9 Å². The molecule has 1 saturated carbocycles. The first-order chi connectivity index (χ1) is 16.7. The molecule has 3 aromatic heterocycles. The summed E-state index contributed by atoms with van der Waals surface area (Å²) in [4.78, 5) is 12.9. The minimum absolute atomic E-state index is 0.00429. The van der Waals surface area contributed by atoms with E-state index in [1.54, 1.807) is 18.2 Å². The van der Waals surface area contributed by atoms with Crippen LogP contribution in [0.25, 0.3) is 22.4 Å². The average Bonchev–Trinajstić information content (AvgIpc) is 3.20. The molecule has 0 aliphatic heterocycles. The Balaban J connectivity index is 1.61. The van der Waals surface area contributed by atoms with Crippen molar-refractivity contribution in [2.45, 2.75) is 49.6 Å². The van der Waals surface area contributed by atoms with Gasteiger partial charge in [-0.3, -0.25) is 0 Å². The fourth-order valence-electron chi connectivity index (χ4n) is 4.39. The Hall–Kier alpha value is -3.08. The molecule has 0 saturated heterocycles. The number of nitrogens with zero attached hydrogens (tertiary/aromatic N) is 4. The standard InChI is InChI=1S/C24H24ClFN6O2S/c1-14-5-7-18(8-6-14)35(33,34)32-13-20(19-9-15(25)11-29-24(19)32)22-28-12-21(26)23(31-22)30-17-4-2-3-16(27)10-17/h5-9,11-13,16-17H,2-4,10,27H2,1H3,(H,28,30,31)/t16-,17+/m1/s1. The van der Waals surface area contributed by atoms with Crippen LogP contribution in [0.3, 0.4) is 0 Å². The summed E-state index contributed by atoms with van der Waals surface area (Å²) in [5.41, 5.74) is 7.55. The summed E-state index contributed by atoms with van der Waals surface area (Å²) in [5.74, 6) is -0.396. The second-order valence-corrected chi connectivity index (χ2v) is 11.1. The number of aryl methyl sites for hydroxylation is 1. The third-order valence-corrected chi connectivity index (χ3v) is 8.07. The van der Waals surface area contributed by atoms with Crippen LogP contribution >= 0.6 is 11.6 Å². The molecule has 8 nitrogen and oxygen atoms in total. The molecule has 0 amide bonds. The molecule has 3 heterocycles. The van der Waals surface area contributed by atoms with E-state index in [4.69, 9.17) is 17.3 Å². The van der Waals surface area contributed by atoms with Gasteiger partial charge in [-0.25, -0.2) is 31.7 Å². The van der Waals surface area contributed by atoms with Gasteiger partial charge in [-0.2, -0.15) is 0 Å². The van der Waals surface area contributed by atoms with E-state index < -0.39 is 15.8 Å². The predicted octanol–water partition coefficient (Wildman–Crippen LogP) is 4.51. The SMILES string of the molecule is Cc1ccc(S(=O)(=O)n2cc(-c3ncc(F)c(N[C@H]4CCC[C@@H](N)C4)n3)c3cc(Cl)cnc32)cc1. The molecular formula is C24H24ClFN6O2S. The molecule has 1 aliphatic rings. The van der Waals surface area contributed by atoms with E-state index in [9.17, 15) is 12.8 Å². The van der Waals surface area contributed by atoms with E-state index in [0.717, 1.165) is 35.0 Å². The lowest BCUT2D eigenvalue weighted by atomic mass is 9.92. The molecule has 11 heteroatoms. The summed E-state index contributed by atoms with van der Waals surface area (Å²) in [6, 6.07) is 8.18. The Morgan fingerprint density at radius 1 is 1.17 bits per heavy atom. The van der Waals surface area contributed by atoms with E-state index in [1.165, 1.54) is 24.5 Å². The first-order valence-electron chi connectivity index (χ1n) is 11.3. The smallest absolute Gasteiger partial charge is 0.269 e. The van der Waals surface area contributed by atoms with Gasteiger partial charge in [-0.1, -0.05) is 29.3 Å². The number of pyridine rings is 1. The molecular weight excluding hydrogens is 491 g/mol. The molecule has 5 rings (SSSR count). The largest absolute Gasteiger partial charge is 0.365 e. The number of nitrogens with one attached hydrogen (secondary N) is 1. The van der Waals surface area contributed by atoms with Crippen LogP contribution in [0.15, 0.2) is 53.8 Å². The Morgan fingerprint density at radius 3 is 2.69 bits per heavy atom. The summed E-state index contributed by atoms with van der Waals surface area (Å²) < 4.78 is 42.6. The zero-order valence-electron chi connectivity index (χ0n) is 18.9. The van der Waals surface area contributed by atoms with Gasteiger partial charge in [-0.15, -0.1) is 0 Å². The molecule has 3 N–H and O–H groups in total. The maximum absolute atomic E-state index is 14.6. The number of nitrogens with two attached hydrogens (primary N) is 1. The average molecular weight is 515 g/mol. The van der Waals surface area contributed by atoms with Crippen molar-refractivity contribution >= 4 is 38.5 Å². The Bertz CT molecular complexity index is 1510. The minimum atomic E-state index is -3.98. The number of hydrogen-bond donors (Lipinski definition) is 2. The second kappa shape index (κ2) is 9.18. The fourth-order valence-corrected chi connectivity index (χ4v) is 5.87. The van der Waals surface area contributed by atoms with E-state index in [-0.39, 0.29) is 34.3 Å². The Morgan fingerprint density at radius 2 is 1.94 bits per heavy atom. The van der Waals surface area contributed by atoms with Gasteiger partial charge in [0.15, 0.2) is 23.1 Å². The third kappa shape index (κ3) is 4.61. The van der Waals surface area contributed by atoms with Crippen LogP contribution in [0.4, 0.5) is 10.2 Å². The number of aromatic nitrogens is 4. The van der Waals surface area contributed by atoms with Crippen molar-refractivity contribution in [2.24, 2.45) is 5.73 Å². The summed E-state index contributed by atoms with van der Waals surface area (Å²) in [5, 5.41) is 3.90. The summed E-state index contributed by atoms with van der Waals surface area (Å²) >= 11 is 6.19. The van der Waals surface area contributed by atoms with Crippen molar-refractivity contribution < 1.29 is 12.8 Å². The number of benzene rings is 1. The lowest BCUT2D eigenvalue weighted by molar-refractivity contribution is 0.407. The van der Waals surface area contributed by atoms with Gasteiger partial charge < -0.3 is 11.1 Å². The molecule has 0 bridgehead atoms. The maximum atomic E-state index is 14.6. The van der Waals surface area contributed by atoms with Crippen LogP contribution in [0.1, 0.15) is 31.2 Å². The van der Waals surface area contributed by atoms with Crippen molar-refractivity contribution in [3.63, 3.8) is 0 Å². The molecule has 1 aliphatic carbocycles. The van der Waals surface area contributed by atoms with Gasteiger partial charge in [0.1, 0.15) is 0 Å². The number of anilines is 1. The van der Waals surface area contributed by atoms with E-state index in [1.807, 2.05) is 6.92 Å². The molecule has 2 atom stereocenters. The molecule has 0 unspecified atom stereocenters. The van der Waals surface area contributed by atoms with E-state index in [0.29, 0.717) is 22.4 Å². The first kappa shape index (κ1) is 23.7. The van der Waals surface area contributed by atoms with Gasteiger partial charge in [0.2, 0.25) is 0 Å². The lowest BCUT2D eigenvalue weighted by Crippen LogP contribution is -2.35. The van der Waals surface area contributed by atoms with Crippen molar-refractivity contribution in [1.29, 1.82) is 0 Å². The normalized spacial score (nSPS) is 18.6. The topological polar surface area (TPSA) is 116 Å². The van der Waals surface area contributed by atoms with Gasteiger partial charge in [0, 0.05) is 35.4 Å². The molecule has 4 aromatic rings. The minimum Gasteiger partial charge on any atom is -0.365 e. The Labute approximate surface area is 207 Å². The van der Waals surface area contributed by atoms with Crippen LogP contribution in [-0.4, -0.2) is 39.4 Å². The van der Waals surface area contributed by atoms with Crippen LogP contribution in [-0.2, 0) is 10.0 Å². The van der Waals surface area contributed by atoms with Crippen LogP contribution in [0, 0.1) is 12.7 Å². The van der Waals surface area contributed by atoms with E-state index >= 15 is 0 Å². The van der Waals surface area contributed by atoms with Crippen LogP contribution in [0.2, 0.25) is 5.02 Å². The van der Waals surface area contributed by atoms with Crippen LogP contribution in [0.5, 0.6) is 0 Å². The summed E-state index contributed by atoms with van der Waals surface area (Å²) in [6.07, 6.45) is 7.32. The molecule has 1 fully saturated rings. The highest BCUT2D eigenvalue weighted by Gasteiger charge is 2.25. The molecule has 0 spiro atoms. The lowest BCUT2D eigenvalue weighted by Gasteiger charge is -2.27. The highest BCUT2D eigenvalue weighted by Crippen LogP contribution is 2.33. The second-order valence-electron chi connectivity index (χ2n) is 8.84. The number of hydrogen-bond acceptors (Lipinski definition) is 7. The highest BCUT2D eigenvalue weighted by atomic mass is 35.5. The number of halogens is 2. The van der Waals surface area contributed by atoms with Gasteiger partial charge in [0.05, 0.1) is 16.1 Å². The summed E-state index contributed by atoms with van der Waals surface area (Å²) in [7, 11) is -3.98. The maximum Gasteiger partial charge on any atom is 0.269 e. The van der Waals surface area contributed by atoms with Gasteiger partial charge in [-0.05, 0) is 50.8 Å². The zero-order chi connectivity index (χ0) is 24.7. The van der Waals surface area contributed by atoms with Crippen molar-refractivity contribution in [3.05, 3.63) is 65.3 Å². The Kier molecular flexibility index (Phi) is 6.20. The number of fused-ring (bicyclic) bond motifs is 1.